The normalized spacial score (nSPS) is 11.5. The maximum absolute atomic E-state index is 12.5. The summed E-state index contributed by atoms with van der Waals surface area (Å²) >= 11 is 6.12. The fourth-order valence-electron chi connectivity index (χ4n) is 2.77. The summed E-state index contributed by atoms with van der Waals surface area (Å²) in [6, 6.07) is 4.71. The molecule has 0 aliphatic carbocycles. The predicted molar refractivity (Wildman–Crippen MR) is 114 cm³/mol. The zero-order valence-corrected chi connectivity index (χ0v) is 16.5. The van der Waals surface area contributed by atoms with Gasteiger partial charge in [-0.25, -0.2) is 19.9 Å². The summed E-state index contributed by atoms with van der Waals surface area (Å²) in [7, 11) is 0. The quantitative estimate of drug-likeness (QED) is 0.431. The Morgan fingerprint density at radius 2 is 2.07 bits per heavy atom. The van der Waals surface area contributed by atoms with E-state index in [1.165, 1.54) is 12.5 Å². The van der Waals surface area contributed by atoms with Crippen LogP contribution in [0.4, 0.5) is 11.6 Å². The highest BCUT2D eigenvalue weighted by Crippen LogP contribution is 2.23. The Hall–Kier alpha value is -4.03. The Labute approximate surface area is 175 Å². The number of hydrogen-bond donors (Lipinski definition) is 3. The van der Waals surface area contributed by atoms with Crippen molar-refractivity contribution in [2.45, 2.75) is 13.0 Å². The van der Waals surface area contributed by atoms with Crippen LogP contribution in [0.15, 0.2) is 47.9 Å². The first-order chi connectivity index (χ1) is 14.5. The zero-order chi connectivity index (χ0) is 21.1. The minimum atomic E-state index is -0.410. The molecule has 0 radical (unpaired) electrons. The maximum Gasteiger partial charge on any atom is 0.260 e. The summed E-state index contributed by atoms with van der Waals surface area (Å²) in [5, 5.41) is 3.87. The molecule has 10 heteroatoms. The molecule has 30 heavy (non-hydrogen) atoms. The van der Waals surface area contributed by atoms with Crippen LogP contribution in [0, 0.1) is 11.8 Å². The third-order valence-corrected chi connectivity index (χ3v) is 4.53. The van der Waals surface area contributed by atoms with Crippen molar-refractivity contribution in [2.24, 2.45) is 0 Å². The third-order valence-electron chi connectivity index (χ3n) is 4.22. The first-order valence-electron chi connectivity index (χ1n) is 8.86. The highest BCUT2D eigenvalue weighted by molar-refractivity contribution is 6.35. The largest absolute Gasteiger partial charge is 0.382 e. The van der Waals surface area contributed by atoms with Crippen LogP contribution >= 0.6 is 11.6 Å². The van der Waals surface area contributed by atoms with Crippen LogP contribution in [0.5, 0.6) is 0 Å². The Morgan fingerprint density at radius 1 is 1.20 bits per heavy atom. The van der Waals surface area contributed by atoms with Gasteiger partial charge in [0.15, 0.2) is 0 Å². The second kappa shape index (κ2) is 8.14. The van der Waals surface area contributed by atoms with E-state index in [-0.39, 0.29) is 11.4 Å². The van der Waals surface area contributed by atoms with Crippen LogP contribution in [-0.2, 0) is 0 Å². The Kier molecular flexibility index (Phi) is 5.24. The van der Waals surface area contributed by atoms with E-state index in [4.69, 9.17) is 17.3 Å². The number of H-pyrrole nitrogens is 1. The molecule has 0 spiro atoms. The van der Waals surface area contributed by atoms with Crippen LogP contribution in [0.25, 0.3) is 10.9 Å². The SMILES string of the molecule is CC(Nc1ncnc(N)c1C#Cc1cnccn1)c1nc2cccc(Cl)c2c(=O)[nH]1. The van der Waals surface area contributed by atoms with Crippen molar-refractivity contribution >= 4 is 34.1 Å². The van der Waals surface area contributed by atoms with Crippen LogP contribution < -0.4 is 16.6 Å². The number of rotatable bonds is 3. The van der Waals surface area contributed by atoms with E-state index in [9.17, 15) is 4.79 Å². The van der Waals surface area contributed by atoms with Gasteiger partial charge in [-0.15, -0.1) is 0 Å². The molecule has 4 rings (SSSR count). The standard InChI is InChI=1S/C20H15ClN8O/c1-11(18-28-15-4-2-3-14(21)16(15)20(30)29-18)27-19-13(17(22)25-10-26-19)6-5-12-9-23-7-8-24-12/h2-4,7-11H,1H3,(H,28,29,30)(H3,22,25,26,27). The van der Waals surface area contributed by atoms with E-state index in [1.54, 1.807) is 30.6 Å². The van der Waals surface area contributed by atoms with Crippen molar-refractivity contribution in [2.75, 3.05) is 11.1 Å². The summed E-state index contributed by atoms with van der Waals surface area (Å²) in [6.45, 7) is 1.83. The van der Waals surface area contributed by atoms with Gasteiger partial charge in [-0.05, 0) is 25.0 Å². The van der Waals surface area contributed by atoms with E-state index in [0.29, 0.717) is 38.8 Å². The molecule has 3 heterocycles. The Morgan fingerprint density at radius 3 is 2.87 bits per heavy atom. The molecular formula is C20H15ClN8O. The van der Waals surface area contributed by atoms with E-state index in [0.717, 1.165) is 0 Å². The topological polar surface area (TPSA) is 135 Å². The van der Waals surface area contributed by atoms with Crippen LogP contribution in [0.2, 0.25) is 5.02 Å². The second-order valence-electron chi connectivity index (χ2n) is 6.27. The second-order valence-corrected chi connectivity index (χ2v) is 6.68. The number of aromatic amines is 1. The Bertz CT molecular complexity index is 1340. The monoisotopic (exact) mass is 418 g/mol. The van der Waals surface area contributed by atoms with Crippen molar-refractivity contribution in [3.8, 4) is 11.8 Å². The molecule has 0 aliphatic heterocycles. The average molecular weight is 419 g/mol. The molecule has 3 aromatic heterocycles. The first-order valence-corrected chi connectivity index (χ1v) is 9.24. The molecule has 4 N–H and O–H groups in total. The molecular weight excluding hydrogens is 404 g/mol. The minimum absolute atomic E-state index is 0.211. The number of nitrogens with two attached hydrogens (primary N) is 1. The number of aromatic nitrogens is 6. The number of benzene rings is 1. The predicted octanol–water partition coefficient (Wildman–Crippen LogP) is 2.31. The van der Waals surface area contributed by atoms with E-state index < -0.39 is 6.04 Å². The lowest BCUT2D eigenvalue weighted by Crippen LogP contribution is -2.19. The van der Waals surface area contributed by atoms with Crippen molar-refractivity contribution in [1.82, 2.24) is 29.9 Å². The molecule has 1 unspecified atom stereocenters. The van der Waals surface area contributed by atoms with Gasteiger partial charge >= 0.3 is 0 Å². The number of nitrogen functional groups attached to an aromatic ring is 1. The molecule has 4 aromatic rings. The van der Waals surface area contributed by atoms with Crippen molar-refractivity contribution in [3.63, 3.8) is 0 Å². The maximum atomic E-state index is 12.5. The fraction of sp³-hybridized carbons (Fsp3) is 0.100. The number of fused-ring (bicyclic) bond motifs is 1. The number of nitrogens with zero attached hydrogens (tertiary/aromatic N) is 5. The zero-order valence-electron chi connectivity index (χ0n) is 15.7. The van der Waals surface area contributed by atoms with Crippen LogP contribution in [-0.4, -0.2) is 29.9 Å². The summed E-state index contributed by atoms with van der Waals surface area (Å²) < 4.78 is 0. The van der Waals surface area contributed by atoms with Gasteiger partial charge in [0.1, 0.15) is 35.0 Å². The van der Waals surface area contributed by atoms with Crippen molar-refractivity contribution in [3.05, 3.63) is 75.6 Å². The van der Waals surface area contributed by atoms with Gasteiger partial charge in [0, 0.05) is 12.4 Å². The highest BCUT2D eigenvalue weighted by Gasteiger charge is 2.15. The molecule has 0 aliphatic rings. The smallest absolute Gasteiger partial charge is 0.260 e. The van der Waals surface area contributed by atoms with Crippen molar-refractivity contribution < 1.29 is 0 Å². The number of halogens is 1. The molecule has 0 fully saturated rings. The number of hydrogen-bond acceptors (Lipinski definition) is 8. The summed E-state index contributed by atoms with van der Waals surface area (Å²) in [6.07, 6.45) is 5.97. The van der Waals surface area contributed by atoms with Gasteiger partial charge in [-0.3, -0.25) is 9.78 Å². The van der Waals surface area contributed by atoms with E-state index >= 15 is 0 Å². The first kappa shape index (κ1) is 19.3. The number of anilines is 2. The molecule has 9 nitrogen and oxygen atoms in total. The fourth-order valence-corrected chi connectivity index (χ4v) is 3.02. The van der Waals surface area contributed by atoms with Gasteiger partial charge in [0.25, 0.3) is 5.56 Å². The molecule has 1 atom stereocenters. The lowest BCUT2D eigenvalue weighted by Gasteiger charge is -2.16. The lowest BCUT2D eigenvalue weighted by molar-refractivity contribution is 0.784. The molecule has 148 valence electrons. The third kappa shape index (κ3) is 3.90. The van der Waals surface area contributed by atoms with Gasteiger partial charge in [0.05, 0.1) is 28.2 Å². The molecule has 0 amide bonds. The van der Waals surface area contributed by atoms with E-state index in [1.807, 2.05) is 6.92 Å². The van der Waals surface area contributed by atoms with Gasteiger partial charge < -0.3 is 16.0 Å². The molecule has 1 aromatic carbocycles. The van der Waals surface area contributed by atoms with Gasteiger partial charge in [0.2, 0.25) is 0 Å². The van der Waals surface area contributed by atoms with E-state index in [2.05, 4.69) is 47.1 Å². The summed E-state index contributed by atoms with van der Waals surface area (Å²) in [5.41, 5.74) is 7.06. The molecule has 0 saturated heterocycles. The Balaban J connectivity index is 1.68. The number of nitrogens with one attached hydrogen (secondary N) is 2. The minimum Gasteiger partial charge on any atom is -0.382 e. The highest BCUT2D eigenvalue weighted by atomic mass is 35.5. The lowest BCUT2D eigenvalue weighted by atomic mass is 10.2. The molecule has 0 saturated carbocycles. The van der Waals surface area contributed by atoms with Gasteiger partial charge in [-0.1, -0.05) is 23.6 Å². The summed E-state index contributed by atoms with van der Waals surface area (Å²) in [5.74, 6) is 6.84. The van der Waals surface area contributed by atoms with Gasteiger partial charge in [-0.2, -0.15) is 0 Å². The summed E-state index contributed by atoms with van der Waals surface area (Å²) in [4.78, 5) is 36.1. The molecule has 0 bridgehead atoms. The van der Waals surface area contributed by atoms with Crippen molar-refractivity contribution in [1.29, 1.82) is 0 Å². The van der Waals surface area contributed by atoms with Crippen LogP contribution in [0.3, 0.4) is 0 Å². The average Bonchev–Trinajstić information content (AvgIpc) is 2.74. The van der Waals surface area contributed by atoms with Crippen LogP contribution in [0.1, 0.15) is 30.0 Å².